The molecule has 0 aliphatic carbocycles. The average molecular weight is 771 g/mol. The smallest absolute Gasteiger partial charge is 0.332 e. The number of hydroxylamine groups is 2. The Labute approximate surface area is 311 Å². The van der Waals surface area contributed by atoms with Gasteiger partial charge in [0, 0.05) is 60.5 Å². The Hall–Kier alpha value is -4.15. The number of nitrogens with zero attached hydrogens (tertiary/aromatic N) is 3. The number of unbranched alkanes of at least 4 members (excludes halogenated alkanes) is 2. The fraction of sp³-hybridized carbons (Fsp3) is 0.447. The Morgan fingerprint density at radius 1 is 0.925 bits per heavy atom. The van der Waals surface area contributed by atoms with E-state index in [1.54, 1.807) is 12.1 Å². The van der Waals surface area contributed by atoms with Crippen molar-refractivity contribution in [1.82, 2.24) is 5.06 Å². The molecule has 286 valence electrons. The van der Waals surface area contributed by atoms with Crippen LogP contribution in [0.3, 0.4) is 0 Å². The number of hydrogen-bond donors (Lipinski definition) is 2. The Balaban J connectivity index is 1.32. The molecule has 0 aromatic heterocycles. The van der Waals surface area contributed by atoms with Gasteiger partial charge in [-0.1, -0.05) is 38.5 Å². The number of carbonyl (C=O) groups is 2. The summed E-state index contributed by atoms with van der Waals surface area (Å²) in [6, 6.07) is 9.24. The first-order chi connectivity index (χ1) is 24.9. The molecule has 3 aliphatic heterocycles. The molecule has 3 aliphatic rings. The average Bonchev–Trinajstić information content (AvgIpc) is 3.30. The van der Waals surface area contributed by atoms with E-state index in [-0.39, 0.29) is 35.3 Å². The van der Waals surface area contributed by atoms with E-state index in [1.807, 2.05) is 65.0 Å². The van der Waals surface area contributed by atoms with E-state index in [0.717, 1.165) is 39.0 Å². The van der Waals surface area contributed by atoms with E-state index < -0.39 is 37.0 Å². The molecule has 1 fully saturated rings. The molecule has 2 N–H and O–H groups in total. The molecule has 5 rings (SSSR count). The molecular formula is C38H48N3O10S2+. The molecular weight excluding hydrogens is 723 g/mol. The van der Waals surface area contributed by atoms with Crippen LogP contribution in [0.4, 0.5) is 11.4 Å². The van der Waals surface area contributed by atoms with Gasteiger partial charge in [0.15, 0.2) is 12.4 Å². The van der Waals surface area contributed by atoms with Crippen LogP contribution in [-0.2, 0) is 50.2 Å². The number of carbonyl (C=O) groups excluding carboxylic acids is 2. The molecule has 0 unspecified atom stereocenters. The van der Waals surface area contributed by atoms with Crippen molar-refractivity contribution in [3.05, 3.63) is 83.6 Å². The highest BCUT2D eigenvalue weighted by molar-refractivity contribution is 7.86. The lowest BCUT2D eigenvalue weighted by Gasteiger charge is -2.27. The Kier molecular flexibility index (Phi) is 11.8. The van der Waals surface area contributed by atoms with Crippen molar-refractivity contribution in [3.63, 3.8) is 0 Å². The van der Waals surface area contributed by atoms with Gasteiger partial charge in [0.05, 0.1) is 15.2 Å². The second-order valence-corrected chi connectivity index (χ2v) is 17.2. The van der Waals surface area contributed by atoms with Crippen molar-refractivity contribution >= 4 is 49.2 Å². The van der Waals surface area contributed by atoms with Crippen LogP contribution in [0.5, 0.6) is 0 Å². The lowest BCUT2D eigenvalue weighted by atomic mass is 9.81. The lowest BCUT2D eigenvalue weighted by molar-refractivity contribution is -0.433. The molecule has 15 heteroatoms. The van der Waals surface area contributed by atoms with Gasteiger partial charge < -0.3 is 14.5 Å². The van der Waals surface area contributed by atoms with Crippen LogP contribution in [0.15, 0.2) is 82.3 Å². The third-order valence-electron chi connectivity index (χ3n) is 10.0. The number of amides is 1. The predicted octanol–water partition coefficient (Wildman–Crippen LogP) is 5.99. The molecule has 2 aromatic rings. The number of anilines is 1. The maximum Gasteiger partial charge on any atom is 0.332 e. The minimum atomic E-state index is -4.42. The zero-order chi connectivity index (χ0) is 38.8. The molecule has 2 aromatic carbocycles. The van der Waals surface area contributed by atoms with Crippen LogP contribution in [-0.4, -0.2) is 79.6 Å². The molecule has 0 atom stereocenters. The van der Waals surface area contributed by atoms with Crippen molar-refractivity contribution in [3.8, 4) is 0 Å². The third kappa shape index (κ3) is 8.65. The van der Waals surface area contributed by atoms with Crippen LogP contribution in [0.25, 0.3) is 0 Å². The first kappa shape index (κ1) is 40.0. The Morgan fingerprint density at radius 3 is 2.28 bits per heavy atom. The van der Waals surface area contributed by atoms with E-state index >= 15 is 0 Å². The van der Waals surface area contributed by atoms with Gasteiger partial charge in [-0.25, -0.2) is 4.79 Å². The van der Waals surface area contributed by atoms with Gasteiger partial charge in [-0.2, -0.15) is 21.4 Å². The Bertz CT molecular complexity index is 2120. The molecule has 0 saturated carbocycles. The molecule has 1 amide bonds. The van der Waals surface area contributed by atoms with E-state index in [0.29, 0.717) is 45.4 Å². The van der Waals surface area contributed by atoms with Crippen molar-refractivity contribution in [2.45, 2.75) is 93.8 Å². The molecule has 0 bridgehead atoms. The topological polar surface area (TPSA) is 171 Å². The summed E-state index contributed by atoms with van der Waals surface area (Å²) in [6.45, 7) is 11.6. The zero-order valence-electron chi connectivity index (χ0n) is 30.7. The van der Waals surface area contributed by atoms with E-state index in [4.69, 9.17) is 9.57 Å². The van der Waals surface area contributed by atoms with Gasteiger partial charge >= 0.3 is 5.97 Å². The van der Waals surface area contributed by atoms with Crippen molar-refractivity contribution in [2.75, 3.05) is 31.3 Å². The number of benzene rings is 2. The summed E-state index contributed by atoms with van der Waals surface area (Å²) in [5.41, 5.74) is 3.95. The van der Waals surface area contributed by atoms with Crippen LogP contribution >= 0.6 is 0 Å². The molecule has 53 heavy (non-hydrogen) atoms. The largest absolute Gasteiger partial charge is 0.358 e. The summed E-state index contributed by atoms with van der Waals surface area (Å²) in [5.74, 6) is -0.778. The van der Waals surface area contributed by atoms with Gasteiger partial charge in [0.2, 0.25) is 5.69 Å². The van der Waals surface area contributed by atoms with Gasteiger partial charge in [0.1, 0.15) is 6.54 Å². The van der Waals surface area contributed by atoms with Crippen molar-refractivity contribution in [1.29, 1.82) is 0 Å². The molecule has 3 heterocycles. The van der Waals surface area contributed by atoms with Crippen LogP contribution < -0.4 is 4.90 Å². The molecule has 13 nitrogen and oxygen atoms in total. The highest BCUT2D eigenvalue weighted by Gasteiger charge is 2.44. The monoisotopic (exact) mass is 770 g/mol. The van der Waals surface area contributed by atoms with Crippen LogP contribution in [0.2, 0.25) is 0 Å². The predicted molar refractivity (Wildman–Crippen MR) is 199 cm³/mol. The van der Waals surface area contributed by atoms with Gasteiger partial charge in [-0.3, -0.25) is 13.9 Å². The molecule has 1 saturated heterocycles. The summed E-state index contributed by atoms with van der Waals surface area (Å²) in [4.78, 5) is 31.6. The summed E-state index contributed by atoms with van der Waals surface area (Å²) in [5, 5.41) is 0.980. The Morgan fingerprint density at radius 2 is 1.60 bits per heavy atom. The minimum absolute atomic E-state index is 0.0728. The highest BCUT2D eigenvalue weighted by Crippen LogP contribution is 2.48. The van der Waals surface area contributed by atoms with E-state index in [9.17, 15) is 35.5 Å². The van der Waals surface area contributed by atoms with E-state index in [1.165, 1.54) is 24.3 Å². The maximum atomic E-state index is 12.4. The van der Waals surface area contributed by atoms with Gasteiger partial charge in [0.25, 0.3) is 26.1 Å². The summed E-state index contributed by atoms with van der Waals surface area (Å²) < 4.78 is 74.6. The highest BCUT2D eigenvalue weighted by atomic mass is 32.2. The fourth-order valence-electron chi connectivity index (χ4n) is 7.20. The number of ether oxygens (including phenoxy) is 1. The summed E-state index contributed by atoms with van der Waals surface area (Å²) >= 11 is 0. The summed E-state index contributed by atoms with van der Waals surface area (Å²) in [7, 11) is -8.78. The molecule has 0 spiro atoms. The fourth-order valence-corrected chi connectivity index (χ4v) is 8.21. The quantitative estimate of drug-likeness (QED) is 0.106. The SMILES string of the molecule is CC[N+]1=C(/C=C/C=C/C=C2/N(CCCCCC(=O)ON3COCCCC3=O)c3ccc(S(=O)(=O)O)cc3C2(C)C)C(C)(C)c2cc(S(=O)(=O)O)ccc21. The number of hydrogen-bond acceptors (Lipinski definition) is 9. The lowest BCUT2D eigenvalue weighted by Crippen LogP contribution is -2.33. The molecule has 0 radical (unpaired) electrons. The second-order valence-electron chi connectivity index (χ2n) is 14.3. The third-order valence-corrected chi connectivity index (χ3v) is 11.7. The number of allylic oxidation sites excluding steroid dienone is 6. The first-order valence-electron chi connectivity index (χ1n) is 17.7. The van der Waals surface area contributed by atoms with Crippen LogP contribution in [0, 0.1) is 0 Å². The number of rotatable bonds is 13. The van der Waals surface area contributed by atoms with Crippen molar-refractivity contribution in [2.24, 2.45) is 0 Å². The van der Waals surface area contributed by atoms with E-state index in [2.05, 4.69) is 9.48 Å². The normalized spacial score (nSPS) is 19.4. The zero-order valence-corrected chi connectivity index (χ0v) is 32.4. The number of fused-ring (bicyclic) bond motifs is 2. The van der Waals surface area contributed by atoms with Crippen molar-refractivity contribution < 1.29 is 49.7 Å². The minimum Gasteiger partial charge on any atom is -0.358 e. The van der Waals surface area contributed by atoms with Gasteiger partial charge in [-0.15, -0.1) is 5.06 Å². The summed E-state index contributed by atoms with van der Waals surface area (Å²) in [6.07, 6.45) is 12.6. The van der Waals surface area contributed by atoms with Crippen LogP contribution in [0.1, 0.15) is 84.3 Å². The standard InChI is InChI=1S/C38H47N3O10S2/c1-6-39-31-20-18-27(52(44,45)46)24-29(31)37(2,3)33(39)14-9-7-10-15-34-38(4,5)30-25-28(53(47,48)49)19-21-32(30)40(34)22-12-8-11-17-36(43)51-41-26-50-23-13-16-35(41)42/h7,9-10,14-15,18-21,24-25H,6,8,11-13,16-17,22-23,26H2,1-5H3,(H-,44,45,46,47,48,49)/p+1. The maximum absolute atomic E-state index is 12.4. The van der Waals surface area contributed by atoms with Gasteiger partial charge in [-0.05, 0) is 82.0 Å². The second kappa shape index (κ2) is 15.7. The first-order valence-corrected chi connectivity index (χ1v) is 20.6.